The number of hydrogen-bond acceptors (Lipinski definition) is 2. The van der Waals surface area contributed by atoms with Crippen LogP contribution < -0.4 is 0 Å². The first-order valence-corrected chi connectivity index (χ1v) is 5.93. The third-order valence-electron chi connectivity index (χ3n) is 3.07. The van der Waals surface area contributed by atoms with Gasteiger partial charge in [-0.05, 0) is 35.4 Å². The molecular formula is C16H11NO2. The van der Waals surface area contributed by atoms with E-state index in [4.69, 9.17) is 5.11 Å². The average molecular weight is 249 g/mol. The van der Waals surface area contributed by atoms with Gasteiger partial charge >= 0.3 is 5.97 Å². The number of aromatic carboxylic acids is 1. The van der Waals surface area contributed by atoms with Gasteiger partial charge in [-0.3, -0.25) is 4.98 Å². The van der Waals surface area contributed by atoms with Gasteiger partial charge in [-0.2, -0.15) is 0 Å². The van der Waals surface area contributed by atoms with Crippen molar-refractivity contribution >= 4 is 16.9 Å². The molecule has 0 aliphatic carbocycles. The molecule has 0 radical (unpaired) electrons. The molecule has 0 fully saturated rings. The van der Waals surface area contributed by atoms with Gasteiger partial charge in [-0.1, -0.05) is 30.3 Å². The van der Waals surface area contributed by atoms with Crippen LogP contribution in [-0.4, -0.2) is 16.1 Å². The van der Waals surface area contributed by atoms with Gasteiger partial charge < -0.3 is 5.11 Å². The molecule has 1 aromatic heterocycles. The summed E-state index contributed by atoms with van der Waals surface area (Å²) in [7, 11) is 0. The zero-order valence-electron chi connectivity index (χ0n) is 10.1. The third kappa shape index (κ3) is 2.06. The minimum atomic E-state index is -0.916. The van der Waals surface area contributed by atoms with E-state index >= 15 is 0 Å². The Hall–Kier alpha value is -2.68. The Balaban J connectivity index is 2.24. The molecule has 0 amide bonds. The predicted molar refractivity (Wildman–Crippen MR) is 74.1 cm³/mol. The van der Waals surface area contributed by atoms with Crippen LogP contribution in [0.4, 0.5) is 0 Å². The molecular weight excluding hydrogens is 238 g/mol. The number of carbonyl (C=O) groups is 1. The molecule has 0 aliphatic rings. The molecule has 3 aromatic rings. The van der Waals surface area contributed by atoms with Crippen LogP contribution in [0.15, 0.2) is 60.8 Å². The van der Waals surface area contributed by atoms with E-state index in [1.807, 2.05) is 36.4 Å². The van der Waals surface area contributed by atoms with Gasteiger partial charge in [-0.15, -0.1) is 0 Å². The predicted octanol–water partition coefficient (Wildman–Crippen LogP) is 3.60. The lowest BCUT2D eigenvalue weighted by Crippen LogP contribution is -1.95. The Labute approximate surface area is 110 Å². The van der Waals surface area contributed by atoms with Crippen molar-refractivity contribution in [2.75, 3.05) is 0 Å². The zero-order valence-corrected chi connectivity index (χ0v) is 10.1. The standard InChI is InChI=1S/C16H11NO2/c18-16(19)12-5-1-4-11(10-12)13-6-2-8-15-14(13)7-3-9-17-15/h1-10H,(H,18,19). The molecule has 0 atom stereocenters. The van der Waals surface area contributed by atoms with Crippen molar-refractivity contribution in [3.63, 3.8) is 0 Å². The second-order valence-electron chi connectivity index (χ2n) is 4.26. The summed E-state index contributed by atoms with van der Waals surface area (Å²) in [5.41, 5.74) is 3.08. The first-order valence-electron chi connectivity index (χ1n) is 5.93. The van der Waals surface area contributed by atoms with Gasteiger partial charge in [0.2, 0.25) is 0 Å². The molecule has 0 unspecified atom stereocenters. The van der Waals surface area contributed by atoms with Gasteiger partial charge in [0.15, 0.2) is 0 Å². The maximum Gasteiger partial charge on any atom is 0.335 e. The van der Waals surface area contributed by atoms with Crippen molar-refractivity contribution in [1.29, 1.82) is 0 Å². The van der Waals surface area contributed by atoms with Crippen molar-refractivity contribution in [2.45, 2.75) is 0 Å². The highest BCUT2D eigenvalue weighted by atomic mass is 16.4. The third-order valence-corrected chi connectivity index (χ3v) is 3.07. The van der Waals surface area contributed by atoms with Gasteiger partial charge in [0.05, 0.1) is 11.1 Å². The monoisotopic (exact) mass is 249 g/mol. The van der Waals surface area contributed by atoms with E-state index in [9.17, 15) is 4.79 Å². The van der Waals surface area contributed by atoms with E-state index in [0.717, 1.165) is 22.0 Å². The molecule has 1 N–H and O–H groups in total. The minimum absolute atomic E-state index is 0.290. The van der Waals surface area contributed by atoms with Crippen molar-refractivity contribution in [3.05, 3.63) is 66.4 Å². The van der Waals surface area contributed by atoms with E-state index in [1.165, 1.54) is 0 Å². The minimum Gasteiger partial charge on any atom is -0.478 e. The van der Waals surface area contributed by atoms with Crippen LogP contribution >= 0.6 is 0 Å². The summed E-state index contributed by atoms with van der Waals surface area (Å²) in [5, 5.41) is 10.1. The van der Waals surface area contributed by atoms with Gasteiger partial charge in [0.25, 0.3) is 0 Å². The number of carboxylic acids is 1. The molecule has 3 nitrogen and oxygen atoms in total. The summed E-state index contributed by atoms with van der Waals surface area (Å²) in [5.74, 6) is -0.916. The molecule has 2 aromatic carbocycles. The lowest BCUT2D eigenvalue weighted by molar-refractivity contribution is 0.0697. The van der Waals surface area contributed by atoms with Crippen molar-refractivity contribution in [1.82, 2.24) is 4.98 Å². The molecule has 92 valence electrons. The van der Waals surface area contributed by atoms with Crippen LogP contribution in [-0.2, 0) is 0 Å². The van der Waals surface area contributed by atoms with Crippen LogP contribution in [0.5, 0.6) is 0 Å². The lowest BCUT2D eigenvalue weighted by Gasteiger charge is -2.07. The zero-order chi connectivity index (χ0) is 13.2. The second-order valence-corrected chi connectivity index (χ2v) is 4.26. The molecule has 0 spiro atoms. The molecule has 1 heterocycles. The van der Waals surface area contributed by atoms with Crippen LogP contribution in [0.1, 0.15) is 10.4 Å². The van der Waals surface area contributed by atoms with E-state index < -0.39 is 5.97 Å². The van der Waals surface area contributed by atoms with Crippen LogP contribution in [0.3, 0.4) is 0 Å². The average Bonchev–Trinajstić information content (AvgIpc) is 2.47. The highest BCUT2D eigenvalue weighted by molar-refractivity contribution is 5.96. The fraction of sp³-hybridized carbons (Fsp3) is 0. The Morgan fingerprint density at radius 2 is 1.84 bits per heavy atom. The highest BCUT2D eigenvalue weighted by Gasteiger charge is 2.07. The molecule has 3 heteroatoms. The van der Waals surface area contributed by atoms with E-state index in [0.29, 0.717) is 5.56 Å². The summed E-state index contributed by atoms with van der Waals surface area (Å²) in [6.45, 7) is 0. The molecule has 3 rings (SSSR count). The largest absolute Gasteiger partial charge is 0.478 e. The molecule has 0 aliphatic heterocycles. The maximum atomic E-state index is 11.0. The SMILES string of the molecule is O=C(O)c1cccc(-c2cccc3ncccc23)c1. The summed E-state index contributed by atoms with van der Waals surface area (Å²) < 4.78 is 0. The molecule has 0 bridgehead atoms. The maximum absolute atomic E-state index is 11.0. The van der Waals surface area contributed by atoms with Gasteiger partial charge in [0.1, 0.15) is 0 Å². The van der Waals surface area contributed by atoms with Crippen LogP contribution in [0.2, 0.25) is 0 Å². The summed E-state index contributed by atoms with van der Waals surface area (Å²) in [6.07, 6.45) is 1.75. The Morgan fingerprint density at radius 1 is 1.00 bits per heavy atom. The fourth-order valence-corrected chi connectivity index (χ4v) is 2.17. The van der Waals surface area contributed by atoms with Crippen LogP contribution in [0, 0.1) is 0 Å². The molecule has 0 saturated carbocycles. The number of fused-ring (bicyclic) bond motifs is 1. The number of hydrogen-bond donors (Lipinski definition) is 1. The lowest BCUT2D eigenvalue weighted by atomic mass is 9.99. The molecule has 0 saturated heterocycles. The van der Waals surface area contributed by atoms with E-state index in [1.54, 1.807) is 24.4 Å². The van der Waals surface area contributed by atoms with Crippen molar-refractivity contribution in [3.8, 4) is 11.1 Å². The van der Waals surface area contributed by atoms with E-state index in [-0.39, 0.29) is 0 Å². The topological polar surface area (TPSA) is 50.2 Å². The number of rotatable bonds is 2. The Bertz CT molecular complexity index is 760. The van der Waals surface area contributed by atoms with Gasteiger partial charge in [0, 0.05) is 11.6 Å². The van der Waals surface area contributed by atoms with Gasteiger partial charge in [-0.25, -0.2) is 4.79 Å². The number of pyridine rings is 1. The smallest absolute Gasteiger partial charge is 0.335 e. The first-order chi connectivity index (χ1) is 9.25. The highest BCUT2D eigenvalue weighted by Crippen LogP contribution is 2.27. The first kappa shape index (κ1) is 11.4. The Kier molecular flexibility index (Phi) is 2.72. The van der Waals surface area contributed by atoms with Crippen molar-refractivity contribution < 1.29 is 9.90 Å². The fourth-order valence-electron chi connectivity index (χ4n) is 2.17. The Morgan fingerprint density at radius 3 is 2.68 bits per heavy atom. The van der Waals surface area contributed by atoms with E-state index in [2.05, 4.69) is 4.98 Å². The normalized spacial score (nSPS) is 10.5. The number of nitrogens with zero attached hydrogens (tertiary/aromatic N) is 1. The number of benzene rings is 2. The summed E-state index contributed by atoms with van der Waals surface area (Å²) in [4.78, 5) is 15.3. The van der Waals surface area contributed by atoms with Crippen LogP contribution in [0.25, 0.3) is 22.0 Å². The molecule has 19 heavy (non-hydrogen) atoms. The summed E-state index contributed by atoms with van der Waals surface area (Å²) >= 11 is 0. The van der Waals surface area contributed by atoms with Crippen molar-refractivity contribution in [2.24, 2.45) is 0 Å². The number of aromatic nitrogens is 1. The number of carboxylic acid groups (broad SMARTS) is 1. The summed E-state index contributed by atoms with van der Waals surface area (Å²) in [6, 6.07) is 16.7. The second kappa shape index (κ2) is 4.53. The quantitative estimate of drug-likeness (QED) is 0.754.